The van der Waals surface area contributed by atoms with Gasteiger partial charge in [-0.25, -0.2) is 4.79 Å². The molecule has 1 aromatic rings. The Kier molecular flexibility index (Phi) is 4.06. The van der Waals surface area contributed by atoms with Gasteiger partial charge in [0.15, 0.2) is 0 Å². The van der Waals surface area contributed by atoms with E-state index in [-0.39, 0.29) is 17.9 Å². The van der Waals surface area contributed by atoms with E-state index >= 15 is 0 Å². The minimum atomic E-state index is -0.320. The van der Waals surface area contributed by atoms with Crippen LogP contribution in [0.1, 0.15) is 12.0 Å². The van der Waals surface area contributed by atoms with Crippen molar-refractivity contribution in [3.63, 3.8) is 0 Å². The zero-order chi connectivity index (χ0) is 14.7. The van der Waals surface area contributed by atoms with E-state index in [0.29, 0.717) is 32.9 Å². The Bertz CT molecular complexity index is 540. The van der Waals surface area contributed by atoms with Crippen LogP contribution in [0, 0.1) is 5.92 Å². The summed E-state index contributed by atoms with van der Waals surface area (Å²) in [5, 5.41) is 2.92. The Labute approximate surface area is 123 Å². The molecule has 1 atom stereocenters. The second kappa shape index (κ2) is 6.13. The van der Waals surface area contributed by atoms with Gasteiger partial charge in [-0.2, -0.15) is 0 Å². The van der Waals surface area contributed by atoms with Gasteiger partial charge >= 0.3 is 6.09 Å². The summed E-state index contributed by atoms with van der Waals surface area (Å²) < 4.78 is 10.1. The molecule has 6 nitrogen and oxygen atoms in total. The summed E-state index contributed by atoms with van der Waals surface area (Å²) in [5.41, 5.74) is 1.76. The predicted molar refractivity (Wildman–Crippen MR) is 75.9 cm³/mol. The normalized spacial score (nSPS) is 21.4. The van der Waals surface area contributed by atoms with E-state index in [1.54, 1.807) is 4.90 Å². The molecule has 0 saturated carbocycles. The van der Waals surface area contributed by atoms with E-state index < -0.39 is 0 Å². The van der Waals surface area contributed by atoms with Crippen molar-refractivity contribution >= 4 is 17.7 Å². The first-order valence-corrected chi connectivity index (χ1v) is 7.13. The van der Waals surface area contributed by atoms with Crippen molar-refractivity contribution in [3.05, 3.63) is 29.8 Å². The summed E-state index contributed by atoms with van der Waals surface area (Å²) in [6, 6.07) is 7.57. The Morgan fingerprint density at radius 2 is 2.29 bits per heavy atom. The molecule has 1 N–H and O–H groups in total. The van der Waals surface area contributed by atoms with Gasteiger partial charge in [-0.3, -0.25) is 9.69 Å². The van der Waals surface area contributed by atoms with Gasteiger partial charge in [0, 0.05) is 18.8 Å². The molecule has 0 spiro atoms. The van der Waals surface area contributed by atoms with Gasteiger partial charge in [-0.05, 0) is 24.1 Å². The van der Waals surface area contributed by atoms with Gasteiger partial charge in [0.1, 0.15) is 6.61 Å². The molecule has 0 radical (unpaired) electrons. The van der Waals surface area contributed by atoms with Crippen molar-refractivity contribution in [2.75, 3.05) is 31.3 Å². The van der Waals surface area contributed by atoms with E-state index in [0.717, 1.165) is 17.7 Å². The third-order valence-corrected chi connectivity index (χ3v) is 3.75. The van der Waals surface area contributed by atoms with Gasteiger partial charge in [-0.15, -0.1) is 0 Å². The highest BCUT2D eigenvalue weighted by Crippen LogP contribution is 2.20. The lowest BCUT2D eigenvalue weighted by Crippen LogP contribution is -2.30. The number of benzene rings is 1. The standard InChI is InChI=1S/C15H18N2O4/c18-14(12-4-6-20-10-12)16-9-11-2-1-3-13(8-11)17-5-7-21-15(17)19/h1-3,8,12H,4-7,9-10H2,(H,16,18)/t12-/m0/s1. The highest BCUT2D eigenvalue weighted by molar-refractivity contribution is 5.89. The first kappa shape index (κ1) is 13.9. The van der Waals surface area contributed by atoms with Crippen LogP contribution in [-0.2, 0) is 20.8 Å². The fraction of sp³-hybridized carbons (Fsp3) is 0.467. The maximum Gasteiger partial charge on any atom is 0.414 e. The predicted octanol–water partition coefficient (Wildman–Crippen LogP) is 1.30. The molecule has 3 rings (SSSR count). The van der Waals surface area contributed by atoms with Gasteiger partial charge in [0.2, 0.25) is 5.91 Å². The summed E-state index contributed by atoms with van der Waals surface area (Å²) in [5.74, 6) is -0.0137. The van der Waals surface area contributed by atoms with Crippen LogP contribution in [0.4, 0.5) is 10.5 Å². The van der Waals surface area contributed by atoms with Crippen LogP contribution in [0.25, 0.3) is 0 Å². The van der Waals surface area contributed by atoms with Crippen LogP contribution in [0.2, 0.25) is 0 Å². The molecule has 0 unspecified atom stereocenters. The van der Waals surface area contributed by atoms with E-state index in [9.17, 15) is 9.59 Å². The third kappa shape index (κ3) is 3.16. The number of carbonyl (C=O) groups is 2. The van der Waals surface area contributed by atoms with Crippen LogP contribution < -0.4 is 10.2 Å². The molecule has 2 aliphatic rings. The lowest BCUT2D eigenvalue weighted by molar-refractivity contribution is -0.125. The summed E-state index contributed by atoms with van der Waals surface area (Å²) in [6.07, 6.45) is 0.463. The molecular weight excluding hydrogens is 272 g/mol. The maximum absolute atomic E-state index is 11.9. The van der Waals surface area contributed by atoms with Crippen molar-refractivity contribution in [3.8, 4) is 0 Å². The summed E-state index contributed by atoms with van der Waals surface area (Å²) in [7, 11) is 0. The largest absolute Gasteiger partial charge is 0.447 e. The average molecular weight is 290 g/mol. The van der Waals surface area contributed by atoms with Gasteiger partial charge < -0.3 is 14.8 Å². The fourth-order valence-electron chi connectivity index (χ4n) is 2.54. The number of rotatable bonds is 4. The number of hydrogen-bond acceptors (Lipinski definition) is 4. The molecule has 1 aromatic carbocycles. The molecule has 2 saturated heterocycles. The molecule has 2 aliphatic heterocycles. The second-order valence-corrected chi connectivity index (χ2v) is 5.21. The van der Waals surface area contributed by atoms with Crippen molar-refractivity contribution in [2.24, 2.45) is 5.92 Å². The second-order valence-electron chi connectivity index (χ2n) is 5.21. The molecule has 2 fully saturated rings. The topological polar surface area (TPSA) is 67.9 Å². The van der Waals surface area contributed by atoms with E-state index in [1.807, 2.05) is 24.3 Å². The fourth-order valence-corrected chi connectivity index (χ4v) is 2.54. The molecule has 0 aromatic heterocycles. The number of carbonyl (C=O) groups excluding carboxylic acids is 2. The van der Waals surface area contributed by atoms with Gasteiger partial charge in [0.05, 0.1) is 19.1 Å². The van der Waals surface area contributed by atoms with Crippen molar-refractivity contribution < 1.29 is 19.1 Å². The molecule has 21 heavy (non-hydrogen) atoms. The van der Waals surface area contributed by atoms with Crippen LogP contribution >= 0.6 is 0 Å². The first-order valence-electron chi connectivity index (χ1n) is 7.13. The number of nitrogens with zero attached hydrogens (tertiary/aromatic N) is 1. The van der Waals surface area contributed by atoms with Gasteiger partial charge in [-0.1, -0.05) is 12.1 Å². The summed E-state index contributed by atoms with van der Waals surface area (Å²) in [4.78, 5) is 25.1. The van der Waals surface area contributed by atoms with E-state index in [2.05, 4.69) is 5.32 Å². The molecule has 2 heterocycles. The van der Waals surface area contributed by atoms with Crippen molar-refractivity contribution in [2.45, 2.75) is 13.0 Å². The number of amides is 2. The lowest BCUT2D eigenvalue weighted by atomic mass is 10.1. The molecule has 0 aliphatic carbocycles. The van der Waals surface area contributed by atoms with E-state index in [4.69, 9.17) is 9.47 Å². The Morgan fingerprint density at radius 3 is 3.00 bits per heavy atom. The zero-order valence-electron chi connectivity index (χ0n) is 11.7. The molecule has 0 bridgehead atoms. The Hall–Kier alpha value is -2.08. The Morgan fingerprint density at radius 1 is 1.38 bits per heavy atom. The van der Waals surface area contributed by atoms with Crippen molar-refractivity contribution in [1.82, 2.24) is 5.32 Å². The van der Waals surface area contributed by atoms with Gasteiger partial charge in [0.25, 0.3) is 0 Å². The lowest BCUT2D eigenvalue weighted by Gasteiger charge is -2.14. The van der Waals surface area contributed by atoms with Crippen molar-refractivity contribution in [1.29, 1.82) is 0 Å². The number of anilines is 1. The summed E-state index contributed by atoms with van der Waals surface area (Å²) >= 11 is 0. The van der Waals surface area contributed by atoms with E-state index in [1.165, 1.54) is 0 Å². The van der Waals surface area contributed by atoms with Crippen LogP contribution in [0.5, 0.6) is 0 Å². The molecule has 2 amide bonds. The van der Waals surface area contributed by atoms with Crippen LogP contribution in [0.3, 0.4) is 0 Å². The average Bonchev–Trinajstić information content (AvgIpc) is 3.16. The minimum absolute atomic E-state index is 0.0264. The highest BCUT2D eigenvalue weighted by Gasteiger charge is 2.24. The maximum atomic E-state index is 11.9. The third-order valence-electron chi connectivity index (χ3n) is 3.75. The van der Waals surface area contributed by atoms with Crippen LogP contribution in [-0.4, -0.2) is 38.4 Å². The number of cyclic esters (lactones) is 1. The molecule has 112 valence electrons. The number of nitrogens with one attached hydrogen (secondary N) is 1. The monoisotopic (exact) mass is 290 g/mol. The number of hydrogen-bond donors (Lipinski definition) is 1. The number of ether oxygens (including phenoxy) is 2. The quantitative estimate of drug-likeness (QED) is 0.907. The summed E-state index contributed by atoms with van der Waals surface area (Å²) in [6.45, 7) is 2.59. The Balaban J connectivity index is 1.60. The molecule has 6 heteroatoms. The smallest absolute Gasteiger partial charge is 0.414 e. The highest BCUT2D eigenvalue weighted by atomic mass is 16.6. The zero-order valence-corrected chi connectivity index (χ0v) is 11.7. The van der Waals surface area contributed by atoms with Crippen LogP contribution in [0.15, 0.2) is 24.3 Å². The molecular formula is C15H18N2O4. The SMILES string of the molecule is O=C(NCc1cccc(N2CCOC2=O)c1)[C@H]1CCOC1. The minimum Gasteiger partial charge on any atom is -0.447 e. The first-order chi connectivity index (χ1) is 10.2.